The van der Waals surface area contributed by atoms with E-state index in [4.69, 9.17) is 11.6 Å². The molecule has 2 aromatic rings. The van der Waals surface area contributed by atoms with Crippen LogP contribution >= 0.6 is 38.9 Å². The fraction of sp³-hybridized carbons (Fsp3) is 0.357. The number of hydrogen-bond donors (Lipinski definition) is 1. The van der Waals surface area contributed by atoms with Crippen LogP contribution in [-0.2, 0) is 6.54 Å². The van der Waals surface area contributed by atoms with Gasteiger partial charge in [0.05, 0.1) is 10.7 Å². The minimum Gasteiger partial charge on any atom is -0.312 e. The van der Waals surface area contributed by atoms with E-state index in [1.807, 2.05) is 18.2 Å². The monoisotopic (exact) mass is 358 g/mol. The predicted molar refractivity (Wildman–Crippen MR) is 87.0 cm³/mol. The van der Waals surface area contributed by atoms with Crippen LogP contribution in [0.15, 0.2) is 22.7 Å². The third-order valence-electron chi connectivity index (χ3n) is 2.77. The predicted octanol–water partition coefficient (Wildman–Crippen LogP) is 5.03. The van der Waals surface area contributed by atoms with Crippen molar-refractivity contribution in [1.82, 2.24) is 10.3 Å². The molecule has 0 fully saturated rings. The van der Waals surface area contributed by atoms with Gasteiger partial charge in [0.2, 0.25) is 0 Å². The van der Waals surface area contributed by atoms with Crippen molar-refractivity contribution in [2.75, 3.05) is 6.54 Å². The Balaban J connectivity index is 2.21. The smallest absolute Gasteiger partial charge is 0.123 e. The van der Waals surface area contributed by atoms with E-state index in [-0.39, 0.29) is 0 Å². The molecule has 0 aliphatic carbocycles. The molecule has 0 atom stereocenters. The molecule has 0 spiro atoms. The third kappa shape index (κ3) is 3.78. The van der Waals surface area contributed by atoms with Gasteiger partial charge in [0, 0.05) is 21.5 Å². The van der Waals surface area contributed by atoms with Crippen molar-refractivity contribution in [3.8, 4) is 10.6 Å². The van der Waals surface area contributed by atoms with Crippen LogP contribution < -0.4 is 5.32 Å². The maximum atomic E-state index is 6.02. The Morgan fingerprint density at radius 1 is 1.42 bits per heavy atom. The minimum atomic E-state index is 0.724. The van der Waals surface area contributed by atoms with E-state index < -0.39 is 0 Å². The second-order valence-electron chi connectivity index (χ2n) is 4.33. The van der Waals surface area contributed by atoms with E-state index in [0.29, 0.717) is 0 Å². The summed E-state index contributed by atoms with van der Waals surface area (Å²) in [6.45, 7) is 6.17. The van der Waals surface area contributed by atoms with E-state index >= 15 is 0 Å². The number of hydrogen-bond acceptors (Lipinski definition) is 3. The first kappa shape index (κ1) is 15.0. The number of benzene rings is 1. The zero-order valence-electron chi connectivity index (χ0n) is 11.0. The van der Waals surface area contributed by atoms with Gasteiger partial charge in [-0.1, -0.05) is 24.6 Å². The molecule has 0 saturated heterocycles. The number of rotatable bonds is 5. The molecule has 0 amide bonds. The summed E-state index contributed by atoms with van der Waals surface area (Å²) in [5.41, 5.74) is 2.21. The molecule has 102 valence electrons. The largest absolute Gasteiger partial charge is 0.312 e. The summed E-state index contributed by atoms with van der Waals surface area (Å²) >= 11 is 11.2. The summed E-state index contributed by atoms with van der Waals surface area (Å²) in [4.78, 5) is 5.95. The lowest BCUT2D eigenvalue weighted by Gasteiger charge is -2.00. The van der Waals surface area contributed by atoms with Gasteiger partial charge in [-0.2, -0.15) is 0 Å². The Morgan fingerprint density at radius 2 is 2.21 bits per heavy atom. The van der Waals surface area contributed by atoms with Crippen LogP contribution in [0.4, 0.5) is 0 Å². The van der Waals surface area contributed by atoms with Crippen molar-refractivity contribution in [3.05, 3.63) is 38.3 Å². The quantitative estimate of drug-likeness (QED) is 0.757. The van der Waals surface area contributed by atoms with Gasteiger partial charge in [-0.25, -0.2) is 4.98 Å². The van der Waals surface area contributed by atoms with Crippen LogP contribution in [-0.4, -0.2) is 11.5 Å². The van der Waals surface area contributed by atoms with Gasteiger partial charge < -0.3 is 5.32 Å². The number of halogens is 2. The fourth-order valence-electron chi connectivity index (χ4n) is 1.72. The Kier molecular flexibility index (Phi) is 5.39. The standard InChI is InChI=1S/C14H16BrClN2S/c1-3-6-17-8-13-9(2)18-14(19-13)10-4-5-12(16)11(15)7-10/h4-5,7,17H,3,6,8H2,1-2H3. The van der Waals surface area contributed by atoms with Gasteiger partial charge in [-0.15, -0.1) is 11.3 Å². The molecule has 19 heavy (non-hydrogen) atoms. The van der Waals surface area contributed by atoms with Gasteiger partial charge in [-0.3, -0.25) is 0 Å². The molecule has 1 N–H and O–H groups in total. The first-order valence-electron chi connectivity index (χ1n) is 6.24. The second kappa shape index (κ2) is 6.84. The van der Waals surface area contributed by atoms with E-state index in [1.165, 1.54) is 4.88 Å². The lowest BCUT2D eigenvalue weighted by atomic mass is 10.2. The third-order valence-corrected chi connectivity index (χ3v) is 5.19. The summed E-state index contributed by atoms with van der Waals surface area (Å²) in [7, 11) is 0. The highest BCUT2D eigenvalue weighted by Crippen LogP contribution is 2.32. The highest BCUT2D eigenvalue weighted by Gasteiger charge is 2.10. The molecule has 1 aromatic heterocycles. The van der Waals surface area contributed by atoms with E-state index in [9.17, 15) is 0 Å². The lowest BCUT2D eigenvalue weighted by molar-refractivity contribution is 0.678. The Hall–Kier alpha value is -0.420. The number of thiazole rings is 1. The van der Waals surface area contributed by atoms with Crippen LogP contribution in [0, 0.1) is 6.92 Å². The molecule has 0 aliphatic heterocycles. The van der Waals surface area contributed by atoms with Crippen LogP contribution in [0.25, 0.3) is 10.6 Å². The SMILES string of the molecule is CCCNCc1sc(-c2ccc(Cl)c(Br)c2)nc1C. The van der Waals surface area contributed by atoms with Crippen molar-refractivity contribution in [3.63, 3.8) is 0 Å². The van der Waals surface area contributed by atoms with Crippen molar-refractivity contribution >= 4 is 38.9 Å². The molecule has 2 nitrogen and oxygen atoms in total. The number of aryl methyl sites for hydroxylation is 1. The summed E-state index contributed by atoms with van der Waals surface area (Å²) in [6, 6.07) is 5.92. The van der Waals surface area contributed by atoms with Gasteiger partial charge in [0.25, 0.3) is 0 Å². The van der Waals surface area contributed by atoms with Crippen LogP contribution in [0.2, 0.25) is 5.02 Å². The molecule has 5 heteroatoms. The van der Waals surface area contributed by atoms with E-state index in [0.717, 1.165) is 45.3 Å². The summed E-state index contributed by atoms with van der Waals surface area (Å²) in [6.07, 6.45) is 1.15. The first-order chi connectivity index (χ1) is 9.11. The number of nitrogens with one attached hydrogen (secondary N) is 1. The molecule has 0 saturated carbocycles. The van der Waals surface area contributed by atoms with Crippen molar-refractivity contribution in [1.29, 1.82) is 0 Å². The molecule has 1 aromatic carbocycles. The van der Waals surface area contributed by atoms with Crippen molar-refractivity contribution in [2.24, 2.45) is 0 Å². The maximum absolute atomic E-state index is 6.02. The highest BCUT2D eigenvalue weighted by atomic mass is 79.9. The maximum Gasteiger partial charge on any atom is 0.123 e. The number of nitrogens with zero attached hydrogens (tertiary/aromatic N) is 1. The summed E-state index contributed by atoms with van der Waals surface area (Å²) in [5.74, 6) is 0. The second-order valence-corrected chi connectivity index (χ2v) is 6.68. The van der Waals surface area contributed by atoms with Gasteiger partial charge in [0.1, 0.15) is 5.01 Å². The van der Waals surface area contributed by atoms with E-state index in [1.54, 1.807) is 11.3 Å². The van der Waals surface area contributed by atoms with Gasteiger partial charge >= 0.3 is 0 Å². The van der Waals surface area contributed by atoms with Crippen LogP contribution in [0.3, 0.4) is 0 Å². The Morgan fingerprint density at radius 3 is 2.89 bits per heavy atom. The molecule has 0 bridgehead atoms. The molecule has 0 aliphatic rings. The van der Waals surface area contributed by atoms with Crippen molar-refractivity contribution < 1.29 is 0 Å². The number of aromatic nitrogens is 1. The Bertz CT molecular complexity index is 569. The van der Waals surface area contributed by atoms with Crippen molar-refractivity contribution in [2.45, 2.75) is 26.8 Å². The minimum absolute atomic E-state index is 0.724. The first-order valence-corrected chi connectivity index (χ1v) is 8.23. The zero-order chi connectivity index (χ0) is 13.8. The van der Waals surface area contributed by atoms with Crippen LogP contribution in [0.5, 0.6) is 0 Å². The average Bonchev–Trinajstić information content (AvgIpc) is 2.75. The molecule has 2 rings (SSSR count). The lowest BCUT2D eigenvalue weighted by Crippen LogP contribution is -2.13. The molecular formula is C14H16BrClN2S. The Labute approximate surface area is 131 Å². The average molecular weight is 360 g/mol. The van der Waals surface area contributed by atoms with Gasteiger partial charge in [0.15, 0.2) is 0 Å². The summed E-state index contributed by atoms with van der Waals surface area (Å²) in [5, 5.41) is 5.19. The molecule has 0 radical (unpaired) electrons. The summed E-state index contributed by atoms with van der Waals surface area (Å²) < 4.78 is 0.908. The zero-order valence-corrected chi connectivity index (χ0v) is 14.1. The van der Waals surface area contributed by atoms with E-state index in [2.05, 4.69) is 40.1 Å². The fourth-order valence-corrected chi connectivity index (χ4v) is 3.25. The molecular weight excluding hydrogens is 344 g/mol. The topological polar surface area (TPSA) is 24.9 Å². The highest BCUT2D eigenvalue weighted by molar-refractivity contribution is 9.10. The van der Waals surface area contributed by atoms with Gasteiger partial charge in [-0.05, 0) is 48.0 Å². The molecule has 0 unspecified atom stereocenters. The van der Waals surface area contributed by atoms with Crippen LogP contribution in [0.1, 0.15) is 23.9 Å². The normalized spacial score (nSPS) is 10.9. The molecule has 1 heterocycles.